The standard InChI is InChI=1S/C22H27NO3/c1-14-6-8-16(3)19(10-14)25-13-21(24)23-18-12-22(4,5)26-20-11-15(2)7-9-17(18)20/h6-11,18H,12-13H2,1-5H3,(H,23,24)/t18-/m0/s1. The summed E-state index contributed by atoms with van der Waals surface area (Å²) in [6, 6.07) is 12.0. The van der Waals surface area contributed by atoms with Gasteiger partial charge in [0.15, 0.2) is 6.61 Å². The SMILES string of the molecule is Cc1ccc(C)c(OCC(=O)N[C@H]2CC(C)(C)Oc3cc(C)ccc32)c1. The summed E-state index contributed by atoms with van der Waals surface area (Å²) in [6.07, 6.45) is 0.721. The lowest BCUT2D eigenvalue weighted by atomic mass is 9.89. The van der Waals surface area contributed by atoms with E-state index >= 15 is 0 Å². The Kier molecular flexibility index (Phi) is 4.94. The van der Waals surface area contributed by atoms with E-state index in [1.165, 1.54) is 0 Å². The van der Waals surface area contributed by atoms with Crippen LogP contribution in [0.15, 0.2) is 36.4 Å². The molecule has 1 heterocycles. The molecule has 2 aromatic rings. The molecule has 0 radical (unpaired) electrons. The monoisotopic (exact) mass is 353 g/mol. The smallest absolute Gasteiger partial charge is 0.258 e. The third-order valence-electron chi connectivity index (χ3n) is 4.66. The Bertz CT molecular complexity index is 826. The van der Waals surface area contributed by atoms with Gasteiger partial charge in [-0.05, 0) is 63.4 Å². The Balaban J connectivity index is 1.70. The fraction of sp³-hybridized carbons (Fsp3) is 0.409. The molecule has 0 aliphatic carbocycles. The molecule has 0 bridgehead atoms. The molecule has 0 saturated heterocycles. The molecule has 138 valence electrons. The van der Waals surface area contributed by atoms with Gasteiger partial charge in [0.1, 0.15) is 17.1 Å². The van der Waals surface area contributed by atoms with Crippen LogP contribution in [0.1, 0.15) is 48.6 Å². The first-order chi connectivity index (χ1) is 12.2. The van der Waals surface area contributed by atoms with Crippen molar-refractivity contribution in [1.82, 2.24) is 5.32 Å². The van der Waals surface area contributed by atoms with Crippen molar-refractivity contribution in [2.75, 3.05) is 6.61 Å². The molecule has 1 N–H and O–H groups in total. The molecule has 1 aliphatic rings. The van der Waals surface area contributed by atoms with Gasteiger partial charge in [-0.3, -0.25) is 4.79 Å². The van der Waals surface area contributed by atoms with Crippen LogP contribution in [-0.4, -0.2) is 18.1 Å². The summed E-state index contributed by atoms with van der Waals surface area (Å²) >= 11 is 0. The number of ether oxygens (including phenoxy) is 2. The van der Waals surface area contributed by atoms with Crippen LogP contribution >= 0.6 is 0 Å². The van der Waals surface area contributed by atoms with Gasteiger partial charge in [-0.1, -0.05) is 24.3 Å². The molecule has 0 saturated carbocycles. The highest BCUT2D eigenvalue weighted by Gasteiger charge is 2.34. The number of carbonyl (C=O) groups is 1. The number of nitrogens with one attached hydrogen (secondary N) is 1. The second-order valence-corrected chi connectivity index (χ2v) is 7.78. The fourth-order valence-electron chi connectivity index (χ4n) is 3.33. The quantitative estimate of drug-likeness (QED) is 0.886. The third kappa shape index (κ3) is 4.18. The van der Waals surface area contributed by atoms with Crippen molar-refractivity contribution in [2.45, 2.75) is 52.7 Å². The van der Waals surface area contributed by atoms with Crippen molar-refractivity contribution in [2.24, 2.45) is 0 Å². The molecule has 0 spiro atoms. The van der Waals surface area contributed by atoms with Gasteiger partial charge in [0.05, 0.1) is 6.04 Å². The number of amides is 1. The molecule has 1 amide bonds. The van der Waals surface area contributed by atoms with Gasteiger partial charge >= 0.3 is 0 Å². The van der Waals surface area contributed by atoms with Crippen molar-refractivity contribution < 1.29 is 14.3 Å². The van der Waals surface area contributed by atoms with Crippen LogP contribution in [0.2, 0.25) is 0 Å². The number of fused-ring (bicyclic) bond motifs is 1. The van der Waals surface area contributed by atoms with Gasteiger partial charge in [-0.15, -0.1) is 0 Å². The Labute approximate surface area is 155 Å². The molecule has 0 fully saturated rings. The summed E-state index contributed by atoms with van der Waals surface area (Å²) in [5.41, 5.74) is 3.98. The zero-order valence-corrected chi connectivity index (χ0v) is 16.2. The molecule has 0 unspecified atom stereocenters. The minimum atomic E-state index is -0.327. The van der Waals surface area contributed by atoms with E-state index in [0.29, 0.717) is 0 Å². The van der Waals surface area contributed by atoms with Gasteiger partial charge in [0, 0.05) is 12.0 Å². The number of hydrogen-bond acceptors (Lipinski definition) is 3. The minimum Gasteiger partial charge on any atom is -0.487 e. The average Bonchev–Trinajstić information content (AvgIpc) is 2.54. The zero-order chi connectivity index (χ0) is 18.9. The fourth-order valence-corrected chi connectivity index (χ4v) is 3.33. The predicted octanol–water partition coefficient (Wildman–Crippen LogP) is 4.41. The maximum atomic E-state index is 12.5. The normalized spacial score (nSPS) is 17.8. The van der Waals surface area contributed by atoms with Gasteiger partial charge in [0.25, 0.3) is 5.91 Å². The van der Waals surface area contributed by atoms with Gasteiger partial charge < -0.3 is 14.8 Å². The van der Waals surface area contributed by atoms with Crippen molar-refractivity contribution >= 4 is 5.91 Å². The third-order valence-corrected chi connectivity index (χ3v) is 4.66. The molecule has 0 aromatic heterocycles. The summed E-state index contributed by atoms with van der Waals surface area (Å²) in [5, 5.41) is 3.11. The Morgan fingerprint density at radius 1 is 1.15 bits per heavy atom. The molecular formula is C22H27NO3. The number of rotatable bonds is 4. The van der Waals surface area contributed by atoms with E-state index in [4.69, 9.17) is 9.47 Å². The van der Waals surface area contributed by atoms with Crippen molar-refractivity contribution in [1.29, 1.82) is 0 Å². The predicted molar refractivity (Wildman–Crippen MR) is 103 cm³/mol. The number of hydrogen-bond donors (Lipinski definition) is 1. The summed E-state index contributed by atoms with van der Waals surface area (Å²) in [6.45, 7) is 10.1. The van der Waals surface area contributed by atoms with Crippen molar-refractivity contribution in [3.63, 3.8) is 0 Å². The first kappa shape index (κ1) is 18.3. The minimum absolute atomic E-state index is 0.00325. The molecule has 4 heteroatoms. The summed E-state index contributed by atoms with van der Waals surface area (Å²) in [5.74, 6) is 1.48. The molecule has 4 nitrogen and oxygen atoms in total. The van der Waals surface area contributed by atoms with E-state index in [0.717, 1.165) is 40.2 Å². The van der Waals surface area contributed by atoms with Gasteiger partial charge in [-0.2, -0.15) is 0 Å². The highest BCUT2D eigenvalue weighted by atomic mass is 16.5. The van der Waals surface area contributed by atoms with Gasteiger partial charge in [0.2, 0.25) is 0 Å². The lowest BCUT2D eigenvalue weighted by Gasteiger charge is -2.38. The molecule has 26 heavy (non-hydrogen) atoms. The summed E-state index contributed by atoms with van der Waals surface area (Å²) in [7, 11) is 0. The molecule has 1 aliphatic heterocycles. The number of benzene rings is 2. The van der Waals surface area contributed by atoms with E-state index in [1.54, 1.807) is 0 Å². The molecule has 1 atom stereocenters. The average molecular weight is 353 g/mol. The highest BCUT2D eigenvalue weighted by molar-refractivity contribution is 5.78. The van der Waals surface area contributed by atoms with Crippen LogP contribution in [0.3, 0.4) is 0 Å². The lowest BCUT2D eigenvalue weighted by Crippen LogP contribution is -2.42. The lowest BCUT2D eigenvalue weighted by molar-refractivity contribution is -0.124. The second-order valence-electron chi connectivity index (χ2n) is 7.78. The van der Waals surface area contributed by atoms with Crippen LogP contribution < -0.4 is 14.8 Å². The molecule has 3 rings (SSSR count). The Morgan fingerprint density at radius 2 is 1.85 bits per heavy atom. The molecular weight excluding hydrogens is 326 g/mol. The highest BCUT2D eigenvalue weighted by Crippen LogP contribution is 2.39. The summed E-state index contributed by atoms with van der Waals surface area (Å²) < 4.78 is 11.8. The number of carbonyl (C=O) groups excluding carboxylic acids is 1. The van der Waals surface area contributed by atoms with E-state index < -0.39 is 0 Å². The van der Waals surface area contributed by atoms with Crippen LogP contribution in [0.4, 0.5) is 0 Å². The first-order valence-corrected chi connectivity index (χ1v) is 9.02. The van der Waals surface area contributed by atoms with E-state index in [-0.39, 0.29) is 24.2 Å². The first-order valence-electron chi connectivity index (χ1n) is 9.02. The maximum absolute atomic E-state index is 12.5. The Hall–Kier alpha value is -2.49. The van der Waals surface area contributed by atoms with Gasteiger partial charge in [-0.25, -0.2) is 0 Å². The maximum Gasteiger partial charge on any atom is 0.258 e. The second kappa shape index (κ2) is 7.02. The van der Waals surface area contributed by atoms with Crippen LogP contribution in [-0.2, 0) is 4.79 Å². The number of aryl methyl sites for hydroxylation is 3. The van der Waals surface area contributed by atoms with E-state index in [9.17, 15) is 4.79 Å². The summed E-state index contributed by atoms with van der Waals surface area (Å²) in [4.78, 5) is 12.5. The largest absolute Gasteiger partial charge is 0.487 e. The van der Waals surface area contributed by atoms with Crippen LogP contribution in [0.5, 0.6) is 11.5 Å². The molecule has 2 aromatic carbocycles. The zero-order valence-electron chi connectivity index (χ0n) is 16.2. The van der Waals surface area contributed by atoms with E-state index in [1.807, 2.05) is 71.0 Å². The van der Waals surface area contributed by atoms with Crippen molar-refractivity contribution in [3.05, 3.63) is 58.7 Å². The Morgan fingerprint density at radius 3 is 2.62 bits per heavy atom. The topological polar surface area (TPSA) is 47.6 Å². The van der Waals surface area contributed by atoms with Crippen LogP contribution in [0, 0.1) is 20.8 Å². The van der Waals surface area contributed by atoms with Crippen LogP contribution in [0.25, 0.3) is 0 Å². The van der Waals surface area contributed by atoms with Crippen molar-refractivity contribution in [3.8, 4) is 11.5 Å². The van der Waals surface area contributed by atoms with E-state index in [2.05, 4.69) is 5.32 Å².